The molecule has 0 unspecified atom stereocenters. The van der Waals surface area contributed by atoms with Crippen LogP contribution in [0.25, 0.3) is 0 Å². The molecule has 4 nitrogen and oxygen atoms in total. The number of carbonyl (C=O) groups excluding carboxylic acids is 2. The number of hydrogen-bond acceptors (Lipinski definition) is 3. The highest BCUT2D eigenvalue weighted by Crippen LogP contribution is 2.17. The molecule has 1 aromatic carbocycles. The lowest BCUT2D eigenvalue weighted by Gasteiger charge is -2.17. The molecule has 0 radical (unpaired) electrons. The van der Waals surface area contributed by atoms with Gasteiger partial charge in [-0.15, -0.1) is 0 Å². The number of ketones is 1. The van der Waals surface area contributed by atoms with E-state index in [2.05, 4.69) is 5.32 Å². The third kappa shape index (κ3) is 3.58. The molecular formula is C14H19NO3. The summed E-state index contributed by atoms with van der Waals surface area (Å²) in [5.41, 5.74) is -0.0182. The van der Waals surface area contributed by atoms with Gasteiger partial charge in [0.15, 0.2) is 5.78 Å². The number of Topliss-reactive ketones (excluding diaryl/α,β-unsaturated/α-hetero) is 1. The van der Waals surface area contributed by atoms with Crippen LogP contribution < -0.4 is 10.1 Å². The molecule has 0 aliphatic rings. The molecular weight excluding hydrogens is 230 g/mol. The third-order valence-corrected chi connectivity index (χ3v) is 2.60. The maximum atomic E-state index is 11.9. The number of methoxy groups -OCH3 is 1. The molecule has 1 aromatic rings. The van der Waals surface area contributed by atoms with Crippen LogP contribution in [0.2, 0.25) is 0 Å². The van der Waals surface area contributed by atoms with Crippen molar-refractivity contribution in [3.8, 4) is 5.75 Å². The van der Waals surface area contributed by atoms with Gasteiger partial charge in [-0.1, -0.05) is 32.9 Å². The molecule has 0 fully saturated rings. The highest BCUT2D eigenvalue weighted by molar-refractivity contribution is 5.99. The molecule has 0 atom stereocenters. The van der Waals surface area contributed by atoms with Crippen molar-refractivity contribution in [1.29, 1.82) is 0 Å². The zero-order chi connectivity index (χ0) is 13.8. The van der Waals surface area contributed by atoms with Gasteiger partial charge in [-0.25, -0.2) is 0 Å². The Morgan fingerprint density at radius 2 is 1.83 bits per heavy atom. The fraction of sp³-hybridized carbons (Fsp3) is 0.429. The maximum Gasteiger partial charge on any atom is 0.255 e. The number of hydrogen-bond donors (Lipinski definition) is 1. The van der Waals surface area contributed by atoms with Crippen molar-refractivity contribution in [2.24, 2.45) is 5.41 Å². The van der Waals surface area contributed by atoms with Crippen LogP contribution in [0, 0.1) is 5.41 Å². The minimum atomic E-state index is -0.450. The summed E-state index contributed by atoms with van der Waals surface area (Å²) in [4.78, 5) is 23.6. The van der Waals surface area contributed by atoms with Crippen molar-refractivity contribution in [3.63, 3.8) is 0 Å². The highest BCUT2D eigenvalue weighted by atomic mass is 16.5. The quantitative estimate of drug-likeness (QED) is 0.888. The highest BCUT2D eigenvalue weighted by Gasteiger charge is 2.22. The molecule has 18 heavy (non-hydrogen) atoms. The molecule has 1 amide bonds. The third-order valence-electron chi connectivity index (χ3n) is 2.60. The van der Waals surface area contributed by atoms with Crippen LogP contribution in [0.4, 0.5) is 0 Å². The number of carbonyl (C=O) groups is 2. The summed E-state index contributed by atoms with van der Waals surface area (Å²) < 4.78 is 5.09. The molecule has 98 valence electrons. The molecule has 0 aliphatic carbocycles. The van der Waals surface area contributed by atoms with Crippen LogP contribution in [0.5, 0.6) is 5.75 Å². The molecule has 0 spiro atoms. The molecule has 0 aliphatic heterocycles. The van der Waals surface area contributed by atoms with Gasteiger partial charge in [0.2, 0.25) is 0 Å². The number of benzene rings is 1. The standard InChI is InChI=1S/C14H19NO3/c1-14(2,3)12(16)9-15-13(17)10-7-5-6-8-11(10)18-4/h5-8H,9H2,1-4H3,(H,15,17). The maximum absolute atomic E-state index is 11.9. The fourth-order valence-electron chi connectivity index (χ4n) is 1.35. The Kier molecular flexibility index (Phi) is 4.48. The lowest BCUT2D eigenvalue weighted by Crippen LogP contribution is -2.35. The average molecular weight is 249 g/mol. The Labute approximate surface area is 107 Å². The van der Waals surface area contributed by atoms with Gasteiger partial charge in [-0.05, 0) is 12.1 Å². The van der Waals surface area contributed by atoms with Crippen molar-refractivity contribution >= 4 is 11.7 Å². The van der Waals surface area contributed by atoms with E-state index in [1.807, 2.05) is 20.8 Å². The smallest absolute Gasteiger partial charge is 0.255 e. The van der Waals surface area contributed by atoms with E-state index < -0.39 is 5.41 Å². The van der Waals surface area contributed by atoms with Crippen LogP contribution in [0.15, 0.2) is 24.3 Å². The second-order valence-corrected chi connectivity index (χ2v) is 5.06. The largest absolute Gasteiger partial charge is 0.496 e. The molecule has 0 aromatic heterocycles. The summed E-state index contributed by atoms with van der Waals surface area (Å²) in [6.07, 6.45) is 0. The lowest BCUT2D eigenvalue weighted by atomic mass is 9.91. The van der Waals surface area contributed by atoms with Gasteiger partial charge in [-0.3, -0.25) is 9.59 Å². The fourth-order valence-corrected chi connectivity index (χ4v) is 1.35. The predicted molar refractivity (Wildman–Crippen MR) is 69.8 cm³/mol. The van der Waals surface area contributed by atoms with Gasteiger partial charge < -0.3 is 10.1 Å². The lowest BCUT2D eigenvalue weighted by molar-refractivity contribution is -0.125. The summed E-state index contributed by atoms with van der Waals surface area (Å²) in [7, 11) is 1.51. The summed E-state index contributed by atoms with van der Waals surface area (Å²) in [6, 6.07) is 6.91. The number of ether oxygens (including phenoxy) is 1. The monoisotopic (exact) mass is 249 g/mol. The van der Waals surface area contributed by atoms with Crippen LogP contribution >= 0.6 is 0 Å². The minimum absolute atomic E-state index is 0.00857. The van der Waals surface area contributed by atoms with Gasteiger partial charge in [0, 0.05) is 5.41 Å². The van der Waals surface area contributed by atoms with Crippen molar-refractivity contribution in [1.82, 2.24) is 5.32 Å². The Balaban J connectivity index is 2.69. The van der Waals surface area contributed by atoms with Gasteiger partial charge in [-0.2, -0.15) is 0 Å². The first-order valence-electron chi connectivity index (χ1n) is 5.81. The van der Waals surface area contributed by atoms with Crippen molar-refractivity contribution < 1.29 is 14.3 Å². The average Bonchev–Trinajstić information content (AvgIpc) is 2.34. The van der Waals surface area contributed by atoms with E-state index in [1.165, 1.54) is 7.11 Å². The molecule has 1 N–H and O–H groups in total. The Morgan fingerprint density at radius 1 is 1.22 bits per heavy atom. The Hall–Kier alpha value is -1.84. The minimum Gasteiger partial charge on any atom is -0.496 e. The van der Waals surface area contributed by atoms with Gasteiger partial charge >= 0.3 is 0 Å². The number of amides is 1. The van der Waals surface area contributed by atoms with E-state index >= 15 is 0 Å². The molecule has 1 rings (SSSR count). The first-order valence-corrected chi connectivity index (χ1v) is 5.81. The summed E-state index contributed by atoms with van der Waals surface area (Å²) >= 11 is 0. The van der Waals surface area contributed by atoms with E-state index in [9.17, 15) is 9.59 Å². The van der Waals surface area contributed by atoms with E-state index in [4.69, 9.17) is 4.74 Å². The van der Waals surface area contributed by atoms with E-state index in [0.717, 1.165) is 0 Å². The van der Waals surface area contributed by atoms with E-state index in [1.54, 1.807) is 24.3 Å². The van der Waals surface area contributed by atoms with Crippen LogP contribution in [-0.4, -0.2) is 25.3 Å². The van der Waals surface area contributed by atoms with Crippen molar-refractivity contribution in [3.05, 3.63) is 29.8 Å². The zero-order valence-corrected chi connectivity index (χ0v) is 11.2. The number of para-hydroxylation sites is 1. The number of nitrogens with one attached hydrogen (secondary N) is 1. The first kappa shape index (κ1) is 14.2. The second-order valence-electron chi connectivity index (χ2n) is 5.06. The molecule has 4 heteroatoms. The normalized spacial score (nSPS) is 10.9. The van der Waals surface area contributed by atoms with Crippen LogP contribution in [-0.2, 0) is 4.79 Å². The summed E-state index contributed by atoms with van der Waals surface area (Å²) in [6.45, 7) is 5.50. The summed E-state index contributed by atoms with van der Waals surface area (Å²) in [5.74, 6) is 0.189. The first-order chi connectivity index (χ1) is 8.36. The van der Waals surface area contributed by atoms with Crippen molar-refractivity contribution in [2.75, 3.05) is 13.7 Å². The van der Waals surface area contributed by atoms with E-state index in [-0.39, 0.29) is 18.2 Å². The van der Waals surface area contributed by atoms with Crippen LogP contribution in [0.3, 0.4) is 0 Å². The molecule has 0 heterocycles. The predicted octanol–water partition coefficient (Wildman–Crippen LogP) is 2.04. The van der Waals surface area contributed by atoms with Crippen molar-refractivity contribution in [2.45, 2.75) is 20.8 Å². The van der Waals surface area contributed by atoms with Gasteiger partial charge in [0.05, 0.1) is 19.2 Å². The molecule has 0 bridgehead atoms. The van der Waals surface area contributed by atoms with Gasteiger partial charge in [0.1, 0.15) is 5.75 Å². The molecule has 0 saturated heterocycles. The Morgan fingerprint density at radius 3 is 2.39 bits per heavy atom. The SMILES string of the molecule is COc1ccccc1C(=O)NCC(=O)C(C)(C)C. The van der Waals surface area contributed by atoms with E-state index in [0.29, 0.717) is 11.3 Å². The van der Waals surface area contributed by atoms with Crippen LogP contribution in [0.1, 0.15) is 31.1 Å². The topological polar surface area (TPSA) is 55.4 Å². The molecule has 0 saturated carbocycles. The zero-order valence-electron chi connectivity index (χ0n) is 11.2. The summed E-state index contributed by atoms with van der Waals surface area (Å²) in [5, 5.41) is 2.61. The number of rotatable bonds is 4. The second kappa shape index (κ2) is 5.67. The van der Waals surface area contributed by atoms with Gasteiger partial charge in [0.25, 0.3) is 5.91 Å². The Bertz CT molecular complexity index is 447.